The molecule has 0 spiro atoms. The molecule has 150 valence electrons. The largest absolute Gasteiger partial charge is 0.340 e. The fourth-order valence-electron chi connectivity index (χ4n) is 4.25. The number of sulfonamides is 1. The Bertz CT molecular complexity index is 1190. The monoisotopic (exact) mass is 429 g/mol. The first-order chi connectivity index (χ1) is 14.0. The van der Waals surface area contributed by atoms with E-state index in [9.17, 15) is 13.2 Å². The first-order valence-electron chi connectivity index (χ1n) is 9.33. The molecule has 29 heavy (non-hydrogen) atoms. The molecule has 3 aromatic heterocycles. The maximum atomic E-state index is 13.0. The molecule has 5 heterocycles. The Hall–Kier alpha value is -2.72. The van der Waals surface area contributed by atoms with Crippen molar-refractivity contribution >= 4 is 33.0 Å². The number of fused-ring (bicyclic) bond motifs is 4. The molecule has 1 saturated heterocycles. The van der Waals surface area contributed by atoms with Crippen molar-refractivity contribution < 1.29 is 8.42 Å². The summed E-state index contributed by atoms with van der Waals surface area (Å²) < 4.78 is 29.4. The zero-order valence-corrected chi connectivity index (χ0v) is 17.1. The topological polar surface area (TPSA) is 97.2 Å². The van der Waals surface area contributed by atoms with Crippen LogP contribution in [-0.2, 0) is 16.6 Å². The molecule has 3 aromatic rings. The van der Waals surface area contributed by atoms with Gasteiger partial charge in [0.05, 0.1) is 0 Å². The van der Waals surface area contributed by atoms with Crippen LogP contribution in [0.15, 0.2) is 57.1 Å². The molecule has 0 aliphatic carbocycles. The number of thiophene rings is 1. The summed E-state index contributed by atoms with van der Waals surface area (Å²) in [5.74, 6) is 1.17. The van der Waals surface area contributed by atoms with Crippen molar-refractivity contribution in [2.75, 3.05) is 22.7 Å². The molecule has 2 aliphatic rings. The minimum atomic E-state index is -3.75. The Morgan fingerprint density at radius 1 is 1.07 bits per heavy atom. The SMILES string of the molecule is O=c1c(NS(=O)(=O)c2cccs2)ccc2n1CC1CC2CN(c2ncccn2)C1. The first-order valence-corrected chi connectivity index (χ1v) is 11.7. The van der Waals surface area contributed by atoms with E-state index in [1.54, 1.807) is 40.5 Å². The molecule has 2 unspecified atom stereocenters. The second-order valence-electron chi connectivity index (χ2n) is 7.38. The van der Waals surface area contributed by atoms with Gasteiger partial charge in [0.15, 0.2) is 0 Å². The zero-order chi connectivity index (χ0) is 20.0. The van der Waals surface area contributed by atoms with E-state index in [2.05, 4.69) is 19.6 Å². The third kappa shape index (κ3) is 3.32. The highest BCUT2D eigenvalue weighted by Gasteiger charge is 2.36. The maximum absolute atomic E-state index is 13.0. The molecule has 2 aliphatic heterocycles. The summed E-state index contributed by atoms with van der Waals surface area (Å²) in [7, 11) is -3.75. The number of nitrogens with zero attached hydrogens (tertiary/aromatic N) is 4. The molecule has 2 bridgehead atoms. The summed E-state index contributed by atoms with van der Waals surface area (Å²) in [6.45, 7) is 2.07. The van der Waals surface area contributed by atoms with Crippen molar-refractivity contribution in [1.29, 1.82) is 0 Å². The molecule has 2 atom stereocenters. The van der Waals surface area contributed by atoms with Crippen molar-refractivity contribution in [2.24, 2.45) is 5.92 Å². The maximum Gasteiger partial charge on any atom is 0.275 e. The summed E-state index contributed by atoms with van der Waals surface area (Å²) in [5.41, 5.74) is 0.734. The van der Waals surface area contributed by atoms with Gasteiger partial charge in [0.2, 0.25) is 5.95 Å². The number of hydrogen-bond donors (Lipinski definition) is 1. The number of hydrogen-bond acceptors (Lipinski definition) is 7. The van der Waals surface area contributed by atoms with Crippen LogP contribution in [-0.4, -0.2) is 36.0 Å². The van der Waals surface area contributed by atoms with Crippen LogP contribution in [0.1, 0.15) is 18.0 Å². The fraction of sp³-hybridized carbons (Fsp3) is 0.316. The number of rotatable bonds is 4. The third-order valence-corrected chi connectivity index (χ3v) is 8.21. The van der Waals surface area contributed by atoms with Gasteiger partial charge in [-0.15, -0.1) is 11.3 Å². The highest BCUT2D eigenvalue weighted by molar-refractivity contribution is 7.94. The Morgan fingerprint density at radius 2 is 1.90 bits per heavy atom. The van der Waals surface area contributed by atoms with Crippen molar-refractivity contribution in [2.45, 2.75) is 23.1 Å². The van der Waals surface area contributed by atoms with Gasteiger partial charge < -0.3 is 9.47 Å². The van der Waals surface area contributed by atoms with Crippen LogP contribution in [0.2, 0.25) is 0 Å². The smallest absolute Gasteiger partial charge is 0.275 e. The van der Waals surface area contributed by atoms with Crippen LogP contribution in [0.4, 0.5) is 11.6 Å². The molecule has 1 N–H and O–H groups in total. The van der Waals surface area contributed by atoms with Crippen LogP contribution >= 0.6 is 11.3 Å². The molecular weight excluding hydrogens is 410 g/mol. The van der Waals surface area contributed by atoms with Crippen molar-refractivity contribution in [3.63, 3.8) is 0 Å². The van der Waals surface area contributed by atoms with E-state index in [0.29, 0.717) is 12.5 Å². The Balaban J connectivity index is 1.45. The lowest BCUT2D eigenvalue weighted by Crippen LogP contribution is -2.48. The molecule has 0 saturated carbocycles. The van der Waals surface area contributed by atoms with E-state index in [0.717, 1.165) is 36.5 Å². The standard InChI is InChI=1S/C19H19N5O3S2/c25-18-15(22-29(26,27)17-3-1-8-28-17)4-5-16-14-9-13(11-24(16)18)10-23(12-14)19-20-6-2-7-21-19/h1-8,13-14,22H,9-12H2. The van der Waals surface area contributed by atoms with E-state index < -0.39 is 10.0 Å². The van der Waals surface area contributed by atoms with E-state index >= 15 is 0 Å². The van der Waals surface area contributed by atoms with E-state index in [-0.39, 0.29) is 27.3 Å². The van der Waals surface area contributed by atoms with E-state index in [1.165, 1.54) is 6.07 Å². The first kappa shape index (κ1) is 18.3. The summed E-state index contributed by atoms with van der Waals surface area (Å²) in [4.78, 5) is 23.9. The average molecular weight is 430 g/mol. The number of aromatic nitrogens is 3. The molecule has 5 rings (SSSR count). The molecule has 1 fully saturated rings. The Labute approximate surface area is 171 Å². The van der Waals surface area contributed by atoms with Gasteiger partial charge in [-0.2, -0.15) is 0 Å². The van der Waals surface area contributed by atoms with Gasteiger partial charge in [-0.05, 0) is 42.0 Å². The lowest BCUT2D eigenvalue weighted by Gasteiger charge is -2.42. The lowest BCUT2D eigenvalue weighted by molar-refractivity contribution is 0.280. The number of piperidine rings is 1. The summed E-state index contributed by atoms with van der Waals surface area (Å²) >= 11 is 1.12. The van der Waals surface area contributed by atoms with Gasteiger partial charge in [-0.1, -0.05) is 6.07 Å². The molecule has 8 nitrogen and oxygen atoms in total. The fourth-order valence-corrected chi connectivity index (χ4v) is 6.30. The van der Waals surface area contributed by atoms with Gasteiger partial charge in [-0.25, -0.2) is 18.4 Å². The third-order valence-electron chi connectivity index (χ3n) is 5.44. The Kier molecular flexibility index (Phi) is 4.39. The van der Waals surface area contributed by atoms with Gasteiger partial charge >= 0.3 is 0 Å². The van der Waals surface area contributed by atoms with Crippen LogP contribution in [0, 0.1) is 5.92 Å². The molecule has 0 aromatic carbocycles. The van der Waals surface area contributed by atoms with Crippen LogP contribution in [0.25, 0.3) is 0 Å². The van der Waals surface area contributed by atoms with Gasteiger partial charge in [-0.3, -0.25) is 9.52 Å². The second-order valence-corrected chi connectivity index (χ2v) is 10.2. The zero-order valence-electron chi connectivity index (χ0n) is 15.4. The molecule has 10 heteroatoms. The minimum Gasteiger partial charge on any atom is -0.340 e. The average Bonchev–Trinajstić information content (AvgIpc) is 3.27. The number of pyridine rings is 1. The summed E-state index contributed by atoms with van der Waals surface area (Å²) in [5, 5.41) is 1.69. The lowest BCUT2D eigenvalue weighted by atomic mass is 9.83. The molecule has 0 amide bonds. The van der Waals surface area contributed by atoms with E-state index in [1.807, 2.05) is 6.07 Å². The molecular formula is C19H19N5O3S2. The molecule has 0 radical (unpaired) electrons. The quantitative estimate of drug-likeness (QED) is 0.682. The number of anilines is 2. The van der Waals surface area contributed by atoms with Crippen LogP contribution in [0.5, 0.6) is 0 Å². The van der Waals surface area contributed by atoms with E-state index in [4.69, 9.17) is 0 Å². The van der Waals surface area contributed by atoms with Crippen molar-refractivity contribution in [3.8, 4) is 0 Å². The highest BCUT2D eigenvalue weighted by atomic mass is 32.2. The van der Waals surface area contributed by atoms with Gasteiger partial charge in [0.25, 0.3) is 15.6 Å². The second kappa shape index (κ2) is 6.96. The van der Waals surface area contributed by atoms with Crippen LogP contribution in [0.3, 0.4) is 0 Å². The van der Waals surface area contributed by atoms with Crippen molar-refractivity contribution in [1.82, 2.24) is 14.5 Å². The van der Waals surface area contributed by atoms with Crippen LogP contribution < -0.4 is 15.2 Å². The Morgan fingerprint density at radius 3 is 2.66 bits per heavy atom. The highest BCUT2D eigenvalue weighted by Crippen LogP contribution is 2.36. The van der Waals surface area contributed by atoms with Crippen molar-refractivity contribution in [3.05, 3.63) is 64.2 Å². The van der Waals surface area contributed by atoms with Gasteiger partial charge in [0.1, 0.15) is 9.90 Å². The predicted molar refractivity (Wildman–Crippen MR) is 111 cm³/mol. The predicted octanol–water partition coefficient (Wildman–Crippen LogP) is 2.12. The summed E-state index contributed by atoms with van der Waals surface area (Å²) in [6.07, 6.45) is 4.47. The summed E-state index contributed by atoms with van der Waals surface area (Å²) in [6, 6.07) is 8.43. The van der Waals surface area contributed by atoms with Gasteiger partial charge in [0, 0.05) is 43.6 Å². The number of nitrogens with one attached hydrogen (secondary N) is 1. The normalized spacial score (nSPS) is 20.9. The minimum absolute atomic E-state index is 0.0883.